The van der Waals surface area contributed by atoms with E-state index in [-0.39, 0.29) is 0 Å². The van der Waals surface area contributed by atoms with Gasteiger partial charge in [-0.1, -0.05) is 19.1 Å². The third kappa shape index (κ3) is 1.73. The van der Waals surface area contributed by atoms with E-state index in [2.05, 4.69) is 13.5 Å². The number of ether oxygens (including phenoxy) is 1. The van der Waals surface area contributed by atoms with Gasteiger partial charge in [0.2, 0.25) is 0 Å². The lowest BCUT2D eigenvalue weighted by Crippen LogP contribution is -2.32. The Balaban J connectivity index is 2.20. The molecule has 2 aliphatic rings. The first-order valence-electron chi connectivity index (χ1n) is 5.59. The largest absolute Gasteiger partial charge is 0.368 e. The molecule has 1 saturated heterocycles. The van der Waals surface area contributed by atoms with E-state index < -0.39 is 6.29 Å². The highest BCUT2D eigenvalue weighted by atomic mass is 16.6. The minimum Gasteiger partial charge on any atom is -0.368 e. The molecule has 1 unspecified atom stereocenters. The van der Waals surface area contributed by atoms with Crippen LogP contribution in [0.2, 0.25) is 0 Å². The summed E-state index contributed by atoms with van der Waals surface area (Å²) >= 11 is 0. The highest BCUT2D eigenvalue weighted by Gasteiger charge is 2.41. The lowest BCUT2D eigenvalue weighted by molar-refractivity contribution is -0.0988. The van der Waals surface area contributed by atoms with Crippen molar-refractivity contribution in [2.75, 3.05) is 6.61 Å². The average molecular weight is 196 g/mol. The molecule has 2 rings (SSSR count). The van der Waals surface area contributed by atoms with Crippen LogP contribution in [-0.4, -0.2) is 18.0 Å². The molecule has 1 aliphatic heterocycles. The normalized spacial score (nSPS) is 44.3. The second-order valence-electron chi connectivity index (χ2n) is 5.03. The number of fused-ring (bicyclic) bond motifs is 1. The summed E-state index contributed by atoms with van der Waals surface area (Å²) < 4.78 is 5.32. The van der Waals surface area contributed by atoms with Gasteiger partial charge in [-0.15, -0.1) is 0 Å². The van der Waals surface area contributed by atoms with Crippen molar-refractivity contribution >= 4 is 0 Å². The summed E-state index contributed by atoms with van der Waals surface area (Å²) in [5, 5.41) is 9.60. The standard InChI is InChI=1S/C12H20O2/c1-9-4-3-5-12(2)6-7-14-11(13)8-10(9)12/h10-11,13H,1,3-8H2,2H3/t10-,11?,12+/m1/s1. The van der Waals surface area contributed by atoms with E-state index in [1.54, 1.807) is 0 Å². The molecule has 1 heterocycles. The van der Waals surface area contributed by atoms with Crippen molar-refractivity contribution in [3.8, 4) is 0 Å². The van der Waals surface area contributed by atoms with Crippen molar-refractivity contribution in [3.05, 3.63) is 12.2 Å². The molecule has 2 nitrogen and oxygen atoms in total. The van der Waals surface area contributed by atoms with Crippen LogP contribution in [0.15, 0.2) is 12.2 Å². The van der Waals surface area contributed by atoms with Gasteiger partial charge in [0.25, 0.3) is 0 Å². The summed E-state index contributed by atoms with van der Waals surface area (Å²) in [6.45, 7) is 7.17. The van der Waals surface area contributed by atoms with E-state index in [4.69, 9.17) is 4.74 Å². The molecule has 80 valence electrons. The molecule has 2 fully saturated rings. The zero-order chi connectivity index (χ0) is 10.2. The van der Waals surface area contributed by atoms with Gasteiger partial charge in [-0.2, -0.15) is 0 Å². The Bertz CT molecular complexity index is 236. The summed E-state index contributed by atoms with van der Waals surface area (Å²) in [5.74, 6) is 0.466. The summed E-state index contributed by atoms with van der Waals surface area (Å²) in [6, 6.07) is 0. The number of aliphatic hydroxyl groups excluding tert-OH is 1. The maximum Gasteiger partial charge on any atom is 0.155 e. The Labute approximate surface area is 86.0 Å². The average Bonchev–Trinajstić information content (AvgIpc) is 2.25. The van der Waals surface area contributed by atoms with E-state index in [0.717, 1.165) is 19.3 Å². The van der Waals surface area contributed by atoms with E-state index in [1.807, 2.05) is 0 Å². The van der Waals surface area contributed by atoms with E-state index in [9.17, 15) is 5.11 Å². The molecular weight excluding hydrogens is 176 g/mol. The fourth-order valence-electron chi connectivity index (χ4n) is 3.01. The quantitative estimate of drug-likeness (QED) is 0.603. The van der Waals surface area contributed by atoms with Crippen molar-refractivity contribution in [1.82, 2.24) is 0 Å². The second kappa shape index (κ2) is 3.67. The Kier molecular flexibility index (Phi) is 2.67. The molecule has 1 aliphatic carbocycles. The van der Waals surface area contributed by atoms with Crippen LogP contribution in [0, 0.1) is 11.3 Å². The van der Waals surface area contributed by atoms with Crippen molar-refractivity contribution in [2.45, 2.75) is 45.3 Å². The highest BCUT2D eigenvalue weighted by Crippen LogP contribution is 2.49. The number of hydrogen-bond acceptors (Lipinski definition) is 2. The van der Waals surface area contributed by atoms with E-state index in [1.165, 1.54) is 18.4 Å². The molecule has 1 N–H and O–H groups in total. The van der Waals surface area contributed by atoms with Crippen LogP contribution >= 0.6 is 0 Å². The van der Waals surface area contributed by atoms with Gasteiger partial charge in [0.1, 0.15) is 0 Å². The van der Waals surface area contributed by atoms with Gasteiger partial charge in [-0.05, 0) is 37.0 Å². The Morgan fingerprint density at radius 1 is 1.50 bits per heavy atom. The van der Waals surface area contributed by atoms with Crippen molar-refractivity contribution < 1.29 is 9.84 Å². The number of aliphatic hydroxyl groups is 1. The molecule has 0 aromatic carbocycles. The Morgan fingerprint density at radius 3 is 3.07 bits per heavy atom. The van der Waals surface area contributed by atoms with Crippen LogP contribution in [0.1, 0.15) is 39.0 Å². The summed E-state index contributed by atoms with van der Waals surface area (Å²) in [7, 11) is 0. The SMILES string of the molecule is C=C1CCC[C@@]2(C)CCOC(O)C[C@H]12. The zero-order valence-corrected chi connectivity index (χ0v) is 8.96. The van der Waals surface area contributed by atoms with Gasteiger partial charge in [0, 0.05) is 6.42 Å². The van der Waals surface area contributed by atoms with Crippen molar-refractivity contribution in [1.29, 1.82) is 0 Å². The fourth-order valence-corrected chi connectivity index (χ4v) is 3.01. The van der Waals surface area contributed by atoms with Crippen LogP contribution in [0.25, 0.3) is 0 Å². The maximum absolute atomic E-state index is 9.60. The lowest BCUT2D eigenvalue weighted by atomic mass is 9.63. The van der Waals surface area contributed by atoms with Gasteiger partial charge >= 0.3 is 0 Å². The van der Waals surface area contributed by atoms with Crippen LogP contribution in [0.4, 0.5) is 0 Å². The van der Waals surface area contributed by atoms with Gasteiger partial charge < -0.3 is 9.84 Å². The van der Waals surface area contributed by atoms with E-state index in [0.29, 0.717) is 17.9 Å². The maximum atomic E-state index is 9.60. The summed E-state index contributed by atoms with van der Waals surface area (Å²) in [6.07, 6.45) is 4.88. The molecule has 0 spiro atoms. The van der Waals surface area contributed by atoms with E-state index >= 15 is 0 Å². The first kappa shape index (κ1) is 10.2. The van der Waals surface area contributed by atoms with Crippen LogP contribution in [0.3, 0.4) is 0 Å². The third-order valence-corrected chi connectivity index (χ3v) is 4.00. The fraction of sp³-hybridized carbons (Fsp3) is 0.833. The molecular formula is C12H20O2. The predicted octanol–water partition coefficient (Wildman–Crippen LogP) is 2.48. The molecule has 0 radical (unpaired) electrons. The van der Waals surface area contributed by atoms with Crippen molar-refractivity contribution in [2.24, 2.45) is 11.3 Å². The zero-order valence-electron chi connectivity index (χ0n) is 8.96. The van der Waals surface area contributed by atoms with Crippen LogP contribution in [0.5, 0.6) is 0 Å². The number of allylic oxidation sites excluding steroid dienone is 1. The van der Waals surface area contributed by atoms with Gasteiger partial charge in [-0.3, -0.25) is 0 Å². The Morgan fingerprint density at radius 2 is 2.29 bits per heavy atom. The van der Waals surface area contributed by atoms with Gasteiger partial charge in [-0.25, -0.2) is 0 Å². The van der Waals surface area contributed by atoms with Gasteiger partial charge in [0.15, 0.2) is 6.29 Å². The first-order chi connectivity index (χ1) is 6.62. The monoisotopic (exact) mass is 196 g/mol. The minimum atomic E-state index is -0.573. The first-order valence-corrected chi connectivity index (χ1v) is 5.59. The van der Waals surface area contributed by atoms with Gasteiger partial charge in [0.05, 0.1) is 6.61 Å². The third-order valence-electron chi connectivity index (χ3n) is 4.00. The summed E-state index contributed by atoms with van der Waals surface area (Å²) in [4.78, 5) is 0. The molecule has 1 saturated carbocycles. The minimum absolute atomic E-state index is 0.326. The smallest absolute Gasteiger partial charge is 0.155 e. The molecule has 0 amide bonds. The number of rotatable bonds is 0. The van der Waals surface area contributed by atoms with Crippen LogP contribution in [-0.2, 0) is 4.74 Å². The van der Waals surface area contributed by atoms with Crippen molar-refractivity contribution in [3.63, 3.8) is 0 Å². The molecule has 3 atom stereocenters. The topological polar surface area (TPSA) is 29.5 Å². The second-order valence-corrected chi connectivity index (χ2v) is 5.03. The predicted molar refractivity (Wildman–Crippen MR) is 55.8 cm³/mol. The Hall–Kier alpha value is -0.340. The van der Waals surface area contributed by atoms with Crippen LogP contribution < -0.4 is 0 Å². The number of hydrogen-bond donors (Lipinski definition) is 1. The molecule has 2 heteroatoms. The lowest BCUT2D eigenvalue weighted by Gasteiger charge is -2.41. The molecule has 0 aromatic heterocycles. The molecule has 0 bridgehead atoms. The highest BCUT2D eigenvalue weighted by molar-refractivity contribution is 5.11. The molecule has 0 aromatic rings. The molecule has 14 heavy (non-hydrogen) atoms. The summed E-state index contributed by atoms with van der Waals surface area (Å²) in [5.41, 5.74) is 1.65.